The molecule has 1 atom stereocenters. The van der Waals surface area contributed by atoms with Crippen molar-refractivity contribution in [1.29, 1.82) is 0 Å². The topological polar surface area (TPSA) is 143 Å². The Morgan fingerprint density at radius 2 is 2.10 bits per heavy atom. The summed E-state index contributed by atoms with van der Waals surface area (Å²) in [5, 5.41) is 8.21. The van der Waals surface area contributed by atoms with Crippen LogP contribution < -0.4 is 21.7 Å². The maximum Gasteiger partial charge on any atom is 0.255 e. The molecule has 0 aromatic heterocycles. The highest BCUT2D eigenvalue weighted by Gasteiger charge is 2.39. The van der Waals surface area contributed by atoms with E-state index in [1.807, 2.05) is 0 Å². The van der Waals surface area contributed by atoms with Crippen LogP contribution in [0.1, 0.15) is 35.2 Å². The number of carbonyl (C=O) groups excluding carboxylic acids is 4. The summed E-state index contributed by atoms with van der Waals surface area (Å²) in [6.07, 6.45) is 1.37. The number of piperidine rings is 1. The van der Waals surface area contributed by atoms with Crippen LogP contribution in [0.15, 0.2) is 18.2 Å². The van der Waals surface area contributed by atoms with Gasteiger partial charge in [0.25, 0.3) is 5.91 Å². The maximum atomic E-state index is 12.8. The highest BCUT2D eigenvalue weighted by molar-refractivity contribution is 6.06. The van der Waals surface area contributed by atoms with Crippen LogP contribution in [0.5, 0.6) is 0 Å². The van der Waals surface area contributed by atoms with Gasteiger partial charge in [0.05, 0.1) is 6.61 Å². The van der Waals surface area contributed by atoms with Gasteiger partial charge in [0, 0.05) is 36.3 Å². The number of nitrogens with one attached hydrogen (secondary N) is 3. The Kier molecular flexibility index (Phi) is 7.50. The van der Waals surface area contributed by atoms with Gasteiger partial charge in [-0.1, -0.05) is 6.07 Å². The molecule has 0 aliphatic carbocycles. The maximum absolute atomic E-state index is 12.8. The van der Waals surface area contributed by atoms with E-state index in [1.165, 1.54) is 4.90 Å². The fourth-order valence-corrected chi connectivity index (χ4v) is 3.55. The molecule has 10 heteroatoms. The standard InChI is InChI=1S/C20H27N5O5/c21-7-2-8-22-9-10-30-12-18(27)23-15-4-1-3-13-14(15)11-25(20(13)29)16-5-6-17(26)24-19(16)28/h1,3-4,16,22H,2,5-12,21H2,(H,23,27)(H,24,26,28). The number of fused-ring (bicyclic) bond motifs is 1. The Morgan fingerprint density at radius 3 is 2.87 bits per heavy atom. The van der Waals surface area contributed by atoms with Gasteiger partial charge in [-0.15, -0.1) is 0 Å². The monoisotopic (exact) mass is 417 g/mol. The number of imide groups is 1. The minimum Gasteiger partial charge on any atom is -0.370 e. The lowest BCUT2D eigenvalue weighted by Gasteiger charge is -2.29. The summed E-state index contributed by atoms with van der Waals surface area (Å²) in [6, 6.07) is 4.37. The van der Waals surface area contributed by atoms with Crippen LogP contribution in [-0.2, 0) is 25.7 Å². The predicted octanol–water partition coefficient (Wildman–Crippen LogP) is -0.659. The molecule has 1 unspecified atom stereocenters. The first-order valence-electron chi connectivity index (χ1n) is 10.1. The van der Waals surface area contributed by atoms with Crippen molar-refractivity contribution in [2.24, 2.45) is 5.73 Å². The van der Waals surface area contributed by atoms with Crippen molar-refractivity contribution in [2.75, 3.05) is 38.2 Å². The zero-order valence-electron chi connectivity index (χ0n) is 16.7. The molecule has 0 radical (unpaired) electrons. The van der Waals surface area contributed by atoms with E-state index in [4.69, 9.17) is 10.5 Å². The van der Waals surface area contributed by atoms with E-state index in [2.05, 4.69) is 16.0 Å². The number of benzene rings is 1. The minimum absolute atomic E-state index is 0.104. The van der Waals surface area contributed by atoms with E-state index >= 15 is 0 Å². The Morgan fingerprint density at radius 1 is 1.27 bits per heavy atom. The van der Waals surface area contributed by atoms with E-state index in [0.717, 1.165) is 13.0 Å². The summed E-state index contributed by atoms with van der Waals surface area (Å²) in [7, 11) is 0. The number of hydrogen-bond acceptors (Lipinski definition) is 7. The molecule has 2 heterocycles. The first-order valence-corrected chi connectivity index (χ1v) is 10.1. The molecule has 1 aromatic carbocycles. The average molecular weight is 417 g/mol. The van der Waals surface area contributed by atoms with Gasteiger partial charge < -0.3 is 26.0 Å². The Bertz CT molecular complexity index is 828. The SMILES string of the molecule is NCCCNCCOCC(=O)Nc1cccc2c1CN(C1CCC(=O)NC1=O)C2=O. The van der Waals surface area contributed by atoms with Crippen molar-refractivity contribution in [3.8, 4) is 0 Å². The van der Waals surface area contributed by atoms with Gasteiger partial charge in [-0.3, -0.25) is 24.5 Å². The van der Waals surface area contributed by atoms with Crippen LogP contribution in [0.4, 0.5) is 5.69 Å². The van der Waals surface area contributed by atoms with Gasteiger partial charge in [0.15, 0.2) is 0 Å². The number of amides is 4. The molecule has 1 saturated heterocycles. The van der Waals surface area contributed by atoms with Crippen LogP contribution >= 0.6 is 0 Å². The van der Waals surface area contributed by atoms with Crippen LogP contribution in [0.3, 0.4) is 0 Å². The first kappa shape index (κ1) is 21.9. The molecule has 0 saturated carbocycles. The van der Waals surface area contributed by atoms with Crippen LogP contribution in [0.25, 0.3) is 0 Å². The first-order chi connectivity index (χ1) is 14.5. The molecule has 0 spiro atoms. The van der Waals surface area contributed by atoms with E-state index in [0.29, 0.717) is 42.9 Å². The predicted molar refractivity (Wildman–Crippen MR) is 108 cm³/mol. The third-order valence-corrected chi connectivity index (χ3v) is 5.07. The lowest BCUT2D eigenvalue weighted by molar-refractivity contribution is -0.137. The van der Waals surface area contributed by atoms with E-state index in [-0.39, 0.29) is 37.3 Å². The third kappa shape index (κ3) is 5.21. The van der Waals surface area contributed by atoms with E-state index in [9.17, 15) is 19.2 Å². The summed E-state index contributed by atoms with van der Waals surface area (Å²) < 4.78 is 5.36. The molecule has 1 fully saturated rings. The largest absolute Gasteiger partial charge is 0.370 e. The van der Waals surface area contributed by atoms with Gasteiger partial charge >= 0.3 is 0 Å². The van der Waals surface area contributed by atoms with Gasteiger partial charge in [0.2, 0.25) is 17.7 Å². The zero-order chi connectivity index (χ0) is 21.5. The highest BCUT2D eigenvalue weighted by Crippen LogP contribution is 2.32. The fourth-order valence-electron chi connectivity index (χ4n) is 3.55. The van der Waals surface area contributed by atoms with Crippen molar-refractivity contribution < 1.29 is 23.9 Å². The van der Waals surface area contributed by atoms with Crippen LogP contribution in [-0.4, -0.2) is 67.4 Å². The molecule has 3 rings (SSSR count). The minimum atomic E-state index is -0.693. The number of rotatable bonds is 10. The Hall–Kier alpha value is -2.82. The summed E-state index contributed by atoms with van der Waals surface area (Å²) in [5.41, 5.74) is 7.03. The molecule has 5 N–H and O–H groups in total. The Balaban J connectivity index is 1.55. The number of ether oxygens (including phenoxy) is 1. The van der Waals surface area contributed by atoms with E-state index in [1.54, 1.807) is 18.2 Å². The number of hydrogen-bond donors (Lipinski definition) is 4. The summed E-state index contributed by atoms with van der Waals surface area (Å²) in [6.45, 7) is 2.55. The molecule has 162 valence electrons. The number of nitrogens with two attached hydrogens (primary N) is 1. The number of carbonyl (C=O) groups is 4. The normalized spacial score (nSPS) is 18.4. The van der Waals surface area contributed by atoms with Gasteiger partial charge in [-0.25, -0.2) is 0 Å². The lowest BCUT2D eigenvalue weighted by Crippen LogP contribution is -2.52. The van der Waals surface area contributed by atoms with Gasteiger partial charge in [0.1, 0.15) is 12.6 Å². The van der Waals surface area contributed by atoms with Crippen molar-refractivity contribution in [3.63, 3.8) is 0 Å². The van der Waals surface area contributed by atoms with Gasteiger partial charge in [-0.2, -0.15) is 0 Å². The second-order valence-corrected chi connectivity index (χ2v) is 7.22. The summed E-state index contributed by atoms with van der Waals surface area (Å²) >= 11 is 0. The quantitative estimate of drug-likeness (QED) is 0.292. The van der Waals surface area contributed by atoms with Crippen LogP contribution in [0, 0.1) is 0 Å². The molecule has 2 aliphatic rings. The fraction of sp³-hybridized carbons (Fsp3) is 0.500. The zero-order valence-corrected chi connectivity index (χ0v) is 16.7. The van der Waals surface area contributed by atoms with E-state index < -0.39 is 11.9 Å². The molecule has 10 nitrogen and oxygen atoms in total. The smallest absolute Gasteiger partial charge is 0.255 e. The molecular formula is C20H27N5O5. The average Bonchev–Trinajstić information content (AvgIpc) is 3.05. The number of anilines is 1. The van der Waals surface area contributed by atoms with Crippen molar-refractivity contribution in [1.82, 2.24) is 15.5 Å². The van der Waals surface area contributed by atoms with Crippen molar-refractivity contribution in [3.05, 3.63) is 29.3 Å². The molecular weight excluding hydrogens is 390 g/mol. The Labute approximate surface area is 174 Å². The second-order valence-electron chi connectivity index (χ2n) is 7.22. The van der Waals surface area contributed by atoms with Crippen molar-refractivity contribution in [2.45, 2.75) is 31.8 Å². The van der Waals surface area contributed by atoms with Gasteiger partial charge in [-0.05, 0) is 38.1 Å². The summed E-state index contributed by atoms with van der Waals surface area (Å²) in [4.78, 5) is 50.0. The molecule has 0 bridgehead atoms. The summed E-state index contributed by atoms with van der Waals surface area (Å²) in [5.74, 6) is -1.40. The van der Waals surface area contributed by atoms with Crippen molar-refractivity contribution >= 4 is 29.3 Å². The lowest BCUT2D eigenvalue weighted by atomic mass is 10.0. The number of nitrogens with zero attached hydrogens (tertiary/aromatic N) is 1. The molecule has 4 amide bonds. The second kappa shape index (κ2) is 10.3. The molecule has 2 aliphatic heterocycles. The molecule has 30 heavy (non-hydrogen) atoms. The van der Waals surface area contributed by atoms with Crippen LogP contribution in [0.2, 0.25) is 0 Å². The molecule has 1 aromatic rings. The third-order valence-electron chi connectivity index (χ3n) is 5.07. The highest BCUT2D eigenvalue weighted by atomic mass is 16.5.